The van der Waals surface area contributed by atoms with Crippen molar-refractivity contribution in [3.63, 3.8) is 0 Å². The molecule has 0 amide bonds. The average Bonchev–Trinajstić information content (AvgIpc) is 3.21. The molecule has 0 saturated carbocycles. The number of unbranched alkanes of at least 4 members (excludes halogenated alkanes) is 3. The Kier molecular flexibility index (Phi) is 21.1. The summed E-state index contributed by atoms with van der Waals surface area (Å²) in [4.78, 5) is 0. The molecule has 8 atom stereocenters. The molecule has 2 aliphatic rings. The molecule has 1 N–H and O–H groups in total. The lowest BCUT2D eigenvalue weighted by Gasteiger charge is -2.39. The van der Waals surface area contributed by atoms with E-state index >= 15 is 0 Å². The number of aliphatic hydroxyl groups excluding tert-OH is 1. The average molecular weight is 569 g/mol. The quantitative estimate of drug-likeness (QED) is 0.167. The molecule has 0 spiro atoms. The maximum atomic E-state index is 9.24. The number of allylic oxidation sites excluding steroid dienone is 1. The molecule has 0 radical (unpaired) electrons. The smallest absolute Gasteiger partial charge is 0.158 e. The fourth-order valence-electron chi connectivity index (χ4n) is 5.71. The zero-order chi connectivity index (χ0) is 30.9. The van der Waals surface area contributed by atoms with Gasteiger partial charge in [0.2, 0.25) is 0 Å². The zero-order valence-corrected chi connectivity index (χ0v) is 29.0. The van der Waals surface area contributed by atoms with Gasteiger partial charge in [0.25, 0.3) is 0 Å². The third-order valence-corrected chi connectivity index (χ3v) is 9.14. The van der Waals surface area contributed by atoms with Gasteiger partial charge < -0.3 is 19.3 Å². The summed E-state index contributed by atoms with van der Waals surface area (Å²) >= 11 is 0. The van der Waals surface area contributed by atoms with Gasteiger partial charge in [-0.3, -0.25) is 0 Å². The minimum atomic E-state index is -0.169. The van der Waals surface area contributed by atoms with E-state index in [0.29, 0.717) is 35.9 Å². The van der Waals surface area contributed by atoms with E-state index in [1.54, 1.807) is 0 Å². The second-order valence-electron chi connectivity index (χ2n) is 14.3. The SMILES string of the molecule is C=CCC(C)C1CCC(C)OC1CC(C)C.CC(C)C(C)C(C)C(C)O.CCCCCCOC1CCC(C)(C)O1. The molecule has 40 heavy (non-hydrogen) atoms. The highest BCUT2D eigenvalue weighted by atomic mass is 16.7. The van der Waals surface area contributed by atoms with Gasteiger partial charge in [0, 0.05) is 13.0 Å². The first-order valence-corrected chi connectivity index (χ1v) is 16.9. The predicted octanol–water partition coefficient (Wildman–Crippen LogP) is 10.2. The zero-order valence-electron chi connectivity index (χ0n) is 29.0. The summed E-state index contributed by atoms with van der Waals surface area (Å²) in [6.07, 6.45) is 15.0. The van der Waals surface area contributed by atoms with E-state index in [1.165, 1.54) is 44.9 Å². The lowest BCUT2D eigenvalue weighted by Crippen LogP contribution is -2.38. The van der Waals surface area contributed by atoms with Gasteiger partial charge in [-0.2, -0.15) is 0 Å². The molecule has 0 aromatic carbocycles. The Morgan fingerprint density at radius 2 is 1.60 bits per heavy atom. The van der Waals surface area contributed by atoms with E-state index in [2.05, 4.69) is 88.8 Å². The lowest BCUT2D eigenvalue weighted by molar-refractivity contribution is -0.158. The van der Waals surface area contributed by atoms with Crippen LogP contribution in [-0.2, 0) is 14.2 Å². The van der Waals surface area contributed by atoms with Crippen molar-refractivity contribution in [2.75, 3.05) is 6.61 Å². The van der Waals surface area contributed by atoms with Gasteiger partial charge >= 0.3 is 0 Å². The van der Waals surface area contributed by atoms with Gasteiger partial charge in [0.1, 0.15) is 0 Å². The van der Waals surface area contributed by atoms with Crippen molar-refractivity contribution in [1.29, 1.82) is 0 Å². The Morgan fingerprint density at radius 1 is 0.950 bits per heavy atom. The number of hydrogen-bond acceptors (Lipinski definition) is 4. The van der Waals surface area contributed by atoms with Crippen LogP contribution < -0.4 is 0 Å². The molecule has 0 bridgehead atoms. The van der Waals surface area contributed by atoms with Crippen LogP contribution in [0.3, 0.4) is 0 Å². The molecule has 0 aromatic rings. The molecule has 2 aliphatic heterocycles. The molecule has 2 heterocycles. The van der Waals surface area contributed by atoms with Crippen LogP contribution in [0.2, 0.25) is 0 Å². The molecule has 8 unspecified atom stereocenters. The normalized spacial score (nSPS) is 27.2. The molecule has 0 aromatic heterocycles. The van der Waals surface area contributed by atoms with Crippen LogP contribution in [0.5, 0.6) is 0 Å². The minimum absolute atomic E-state index is 0.0358. The van der Waals surface area contributed by atoms with Crippen LogP contribution in [-0.4, -0.2) is 41.9 Å². The summed E-state index contributed by atoms with van der Waals surface area (Å²) in [7, 11) is 0. The Morgan fingerprint density at radius 3 is 2.05 bits per heavy atom. The van der Waals surface area contributed by atoms with Gasteiger partial charge in [-0.25, -0.2) is 0 Å². The maximum Gasteiger partial charge on any atom is 0.158 e. The molecule has 4 heteroatoms. The van der Waals surface area contributed by atoms with E-state index in [-0.39, 0.29) is 18.0 Å². The molecular weight excluding hydrogens is 496 g/mol. The second-order valence-corrected chi connectivity index (χ2v) is 14.3. The fourth-order valence-corrected chi connectivity index (χ4v) is 5.71. The van der Waals surface area contributed by atoms with Gasteiger partial charge in [-0.05, 0) is 102 Å². The van der Waals surface area contributed by atoms with Gasteiger partial charge in [-0.1, -0.05) is 80.7 Å². The van der Waals surface area contributed by atoms with Crippen molar-refractivity contribution in [2.24, 2.45) is 35.5 Å². The lowest BCUT2D eigenvalue weighted by atomic mass is 9.78. The van der Waals surface area contributed by atoms with E-state index in [4.69, 9.17) is 14.2 Å². The maximum absolute atomic E-state index is 9.24. The highest BCUT2D eigenvalue weighted by Gasteiger charge is 2.33. The number of aliphatic hydroxyl groups is 1. The van der Waals surface area contributed by atoms with Crippen molar-refractivity contribution in [3.8, 4) is 0 Å². The topological polar surface area (TPSA) is 47.9 Å². The standard InChI is InChI=1S/C15H28O.C12H24O2.C9H20O/c1-6-7-12(4)14-9-8-13(5)16-15(14)10-11(2)3;1-4-5-6-7-10-13-11-8-9-12(2,3)14-11;1-6(2)7(3)8(4)9(5)10/h6,11-15H,1,7-10H2,2-5H3;11H,4-10H2,1-3H3;6-10H,1-5H3. The van der Waals surface area contributed by atoms with E-state index in [0.717, 1.165) is 37.7 Å². The first-order valence-electron chi connectivity index (χ1n) is 16.9. The molecule has 4 nitrogen and oxygen atoms in total. The van der Waals surface area contributed by atoms with E-state index in [9.17, 15) is 5.11 Å². The van der Waals surface area contributed by atoms with Crippen LogP contribution in [0.15, 0.2) is 12.7 Å². The van der Waals surface area contributed by atoms with Crippen LogP contribution >= 0.6 is 0 Å². The third-order valence-electron chi connectivity index (χ3n) is 9.14. The minimum Gasteiger partial charge on any atom is -0.393 e. The molecule has 2 rings (SSSR count). The van der Waals surface area contributed by atoms with Crippen molar-refractivity contribution in [2.45, 2.75) is 177 Å². The van der Waals surface area contributed by atoms with Gasteiger partial charge in [0.15, 0.2) is 6.29 Å². The Hall–Kier alpha value is -0.420. The number of hydrogen-bond donors (Lipinski definition) is 1. The van der Waals surface area contributed by atoms with Crippen molar-refractivity contribution >= 4 is 0 Å². The molecule has 240 valence electrons. The van der Waals surface area contributed by atoms with Crippen LogP contribution in [0.4, 0.5) is 0 Å². The van der Waals surface area contributed by atoms with E-state index in [1.807, 2.05) is 6.92 Å². The summed E-state index contributed by atoms with van der Waals surface area (Å²) in [5.41, 5.74) is 0.0358. The highest BCUT2D eigenvalue weighted by molar-refractivity contribution is 4.85. The summed E-state index contributed by atoms with van der Waals surface area (Å²) in [5, 5.41) is 9.24. The van der Waals surface area contributed by atoms with Crippen molar-refractivity contribution < 1.29 is 19.3 Å². The summed E-state index contributed by atoms with van der Waals surface area (Å²) in [6.45, 7) is 30.9. The Bertz CT molecular complexity index is 600. The second kappa shape index (κ2) is 21.3. The van der Waals surface area contributed by atoms with Crippen molar-refractivity contribution in [1.82, 2.24) is 0 Å². The Labute approximate surface area is 251 Å². The fraction of sp³-hybridized carbons (Fsp3) is 0.944. The van der Waals surface area contributed by atoms with Crippen molar-refractivity contribution in [3.05, 3.63) is 12.7 Å². The monoisotopic (exact) mass is 569 g/mol. The van der Waals surface area contributed by atoms with Crippen LogP contribution in [0, 0.1) is 35.5 Å². The highest BCUT2D eigenvalue weighted by Crippen LogP contribution is 2.35. The first-order chi connectivity index (χ1) is 18.6. The molecule has 0 aliphatic carbocycles. The molecular formula is C36H72O4. The predicted molar refractivity (Wildman–Crippen MR) is 174 cm³/mol. The molecule has 2 fully saturated rings. The Balaban J connectivity index is 0.000000587. The largest absolute Gasteiger partial charge is 0.393 e. The molecule has 2 saturated heterocycles. The first kappa shape index (κ1) is 39.6. The summed E-state index contributed by atoms with van der Waals surface area (Å²) < 4.78 is 17.5. The third kappa shape index (κ3) is 17.5. The van der Waals surface area contributed by atoms with Crippen LogP contribution in [0.1, 0.15) is 147 Å². The van der Waals surface area contributed by atoms with Crippen LogP contribution in [0.25, 0.3) is 0 Å². The summed E-state index contributed by atoms with van der Waals surface area (Å²) in [5.74, 6) is 3.88. The van der Waals surface area contributed by atoms with E-state index < -0.39 is 0 Å². The summed E-state index contributed by atoms with van der Waals surface area (Å²) in [6, 6.07) is 0. The van der Waals surface area contributed by atoms with Gasteiger partial charge in [-0.15, -0.1) is 6.58 Å². The van der Waals surface area contributed by atoms with Gasteiger partial charge in [0.05, 0.1) is 23.9 Å². The number of rotatable bonds is 14. The number of ether oxygens (including phenoxy) is 3.